The predicted molar refractivity (Wildman–Crippen MR) is 56.5 cm³/mol. The van der Waals surface area contributed by atoms with Crippen LogP contribution in [0.4, 0.5) is 0 Å². The first-order valence-electron chi connectivity index (χ1n) is 5.54. The molecule has 0 spiro atoms. The highest BCUT2D eigenvalue weighted by atomic mass is 16.7. The van der Waals surface area contributed by atoms with Crippen molar-refractivity contribution in [3.63, 3.8) is 0 Å². The second kappa shape index (κ2) is 5.64. The molecule has 0 aliphatic carbocycles. The summed E-state index contributed by atoms with van der Waals surface area (Å²) >= 11 is 0. The number of hydrogen-bond acceptors (Lipinski definition) is 4. The van der Waals surface area contributed by atoms with E-state index < -0.39 is 0 Å². The van der Waals surface area contributed by atoms with E-state index in [0.29, 0.717) is 19.0 Å². The van der Waals surface area contributed by atoms with Crippen molar-refractivity contribution < 1.29 is 9.47 Å². The zero-order valence-electron chi connectivity index (χ0n) is 9.13. The van der Waals surface area contributed by atoms with Crippen molar-refractivity contribution >= 4 is 0 Å². The van der Waals surface area contributed by atoms with E-state index >= 15 is 0 Å². The summed E-state index contributed by atoms with van der Waals surface area (Å²) in [5, 5.41) is 8.76. The molecular weight excluding hydrogens is 206 g/mol. The van der Waals surface area contributed by atoms with Crippen LogP contribution in [0.5, 0.6) is 0 Å². The first-order chi connectivity index (χ1) is 7.90. The van der Waals surface area contributed by atoms with Gasteiger partial charge >= 0.3 is 0 Å². The van der Waals surface area contributed by atoms with Gasteiger partial charge in [0.1, 0.15) is 6.07 Å². The number of rotatable bonds is 4. The minimum atomic E-state index is -0.0668. The van der Waals surface area contributed by atoms with Crippen LogP contribution < -0.4 is 0 Å². The van der Waals surface area contributed by atoms with E-state index in [9.17, 15) is 0 Å². The number of nitrogens with zero attached hydrogens (tertiary/aromatic N) is 3. The number of aromatic nitrogens is 2. The Morgan fingerprint density at radius 2 is 2.56 bits per heavy atom. The summed E-state index contributed by atoms with van der Waals surface area (Å²) in [6, 6.07) is 2.03. The molecule has 1 aromatic heterocycles. The lowest BCUT2D eigenvalue weighted by atomic mass is 10.2. The first kappa shape index (κ1) is 11.1. The van der Waals surface area contributed by atoms with Crippen LogP contribution in [0.1, 0.15) is 25.1 Å². The van der Waals surface area contributed by atoms with Crippen molar-refractivity contribution in [2.45, 2.75) is 32.1 Å². The van der Waals surface area contributed by atoms with Gasteiger partial charge in [0.15, 0.2) is 6.29 Å². The van der Waals surface area contributed by atoms with Crippen molar-refractivity contribution in [1.29, 1.82) is 5.26 Å². The Bertz CT molecular complexity index is 364. The van der Waals surface area contributed by atoms with E-state index in [1.807, 2.05) is 6.07 Å². The van der Waals surface area contributed by atoms with Crippen molar-refractivity contribution in [3.8, 4) is 6.07 Å². The second-order valence-electron chi connectivity index (χ2n) is 3.72. The van der Waals surface area contributed by atoms with Gasteiger partial charge < -0.3 is 14.0 Å². The maximum Gasteiger partial charge on any atom is 0.212 e. The molecule has 1 fully saturated rings. The minimum Gasteiger partial charge on any atom is -0.353 e. The molecule has 1 aromatic rings. The second-order valence-corrected chi connectivity index (χ2v) is 3.72. The van der Waals surface area contributed by atoms with Crippen molar-refractivity contribution in [2.24, 2.45) is 0 Å². The summed E-state index contributed by atoms with van der Waals surface area (Å²) < 4.78 is 12.8. The fraction of sp³-hybridized carbons (Fsp3) is 0.636. The zero-order chi connectivity index (χ0) is 11.2. The van der Waals surface area contributed by atoms with E-state index in [4.69, 9.17) is 14.7 Å². The summed E-state index contributed by atoms with van der Waals surface area (Å²) in [7, 11) is 0. The lowest BCUT2D eigenvalue weighted by Gasteiger charge is -2.22. The Morgan fingerprint density at radius 1 is 1.62 bits per heavy atom. The molecule has 0 amide bonds. The maximum absolute atomic E-state index is 8.76. The van der Waals surface area contributed by atoms with Crippen LogP contribution in [0.2, 0.25) is 0 Å². The van der Waals surface area contributed by atoms with Gasteiger partial charge in [-0.1, -0.05) is 0 Å². The average Bonchev–Trinajstić information content (AvgIpc) is 2.78. The molecule has 0 aromatic carbocycles. The Morgan fingerprint density at radius 3 is 3.31 bits per heavy atom. The molecule has 1 unspecified atom stereocenters. The monoisotopic (exact) mass is 221 g/mol. The van der Waals surface area contributed by atoms with Crippen LogP contribution in [0.3, 0.4) is 0 Å². The Hall–Kier alpha value is -1.38. The molecule has 1 saturated heterocycles. The van der Waals surface area contributed by atoms with E-state index in [-0.39, 0.29) is 6.29 Å². The molecule has 0 bridgehead atoms. The number of nitriles is 1. The molecule has 16 heavy (non-hydrogen) atoms. The molecular formula is C11H15N3O2. The van der Waals surface area contributed by atoms with Gasteiger partial charge in [-0.2, -0.15) is 5.26 Å². The Labute approximate surface area is 94.6 Å². The quantitative estimate of drug-likeness (QED) is 0.768. The van der Waals surface area contributed by atoms with E-state index in [2.05, 4.69) is 4.98 Å². The molecule has 1 aliphatic heterocycles. The molecule has 2 rings (SSSR count). The number of ether oxygens (including phenoxy) is 2. The highest BCUT2D eigenvalue weighted by Gasteiger charge is 2.13. The number of imidazole rings is 1. The fourth-order valence-corrected chi connectivity index (χ4v) is 1.73. The van der Waals surface area contributed by atoms with Crippen LogP contribution in [-0.2, 0) is 16.0 Å². The SMILES string of the molecule is N#Cc1nccn1CCOC1CCCCO1. The summed E-state index contributed by atoms with van der Waals surface area (Å²) in [5.41, 5.74) is 0. The molecule has 1 aliphatic rings. The van der Waals surface area contributed by atoms with Crippen LogP contribution in [0, 0.1) is 11.3 Å². The van der Waals surface area contributed by atoms with E-state index in [1.54, 1.807) is 17.0 Å². The van der Waals surface area contributed by atoms with Crippen molar-refractivity contribution in [3.05, 3.63) is 18.2 Å². The normalized spacial score (nSPS) is 20.6. The standard InChI is InChI=1S/C11H15N3O2/c12-9-10-13-4-5-14(10)6-8-16-11-3-1-2-7-15-11/h4-5,11H,1-3,6-8H2. The van der Waals surface area contributed by atoms with Gasteiger partial charge in [0, 0.05) is 25.5 Å². The molecule has 86 valence electrons. The van der Waals surface area contributed by atoms with Crippen molar-refractivity contribution in [1.82, 2.24) is 9.55 Å². The fourth-order valence-electron chi connectivity index (χ4n) is 1.73. The van der Waals surface area contributed by atoms with Crippen LogP contribution in [-0.4, -0.2) is 29.1 Å². The summed E-state index contributed by atoms with van der Waals surface area (Å²) in [5.74, 6) is 0.424. The molecule has 5 heteroatoms. The first-order valence-corrected chi connectivity index (χ1v) is 5.54. The summed E-state index contributed by atoms with van der Waals surface area (Å²) in [4.78, 5) is 3.92. The third kappa shape index (κ3) is 2.81. The van der Waals surface area contributed by atoms with Gasteiger partial charge in [-0.05, 0) is 19.3 Å². The van der Waals surface area contributed by atoms with Gasteiger partial charge in [0.05, 0.1) is 6.61 Å². The van der Waals surface area contributed by atoms with E-state index in [0.717, 1.165) is 19.4 Å². The lowest BCUT2D eigenvalue weighted by Crippen LogP contribution is -2.24. The summed E-state index contributed by atoms with van der Waals surface area (Å²) in [6.07, 6.45) is 6.59. The highest BCUT2D eigenvalue weighted by molar-refractivity contribution is 5.10. The zero-order valence-corrected chi connectivity index (χ0v) is 9.13. The van der Waals surface area contributed by atoms with Gasteiger partial charge in [-0.3, -0.25) is 0 Å². The largest absolute Gasteiger partial charge is 0.353 e. The molecule has 5 nitrogen and oxygen atoms in total. The van der Waals surface area contributed by atoms with Gasteiger partial charge in [0.25, 0.3) is 0 Å². The van der Waals surface area contributed by atoms with Crippen LogP contribution >= 0.6 is 0 Å². The van der Waals surface area contributed by atoms with Crippen molar-refractivity contribution in [2.75, 3.05) is 13.2 Å². The van der Waals surface area contributed by atoms with Crippen LogP contribution in [0.25, 0.3) is 0 Å². The average molecular weight is 221 g/mol. The Kier molecular flexibility index (Phi) is 3.91. The smallest absolute Gasteiger partial charge is 0.212 e. The number of hydrogen-bond donors (Lipinski definition) is 0. The van der Waals surface area contributed by atoms with Crippen LogP contribution in [0.15, 0.2) is 12.4 Å². The molecule has 2 heterocycles. The molecule has 0 radical (unpaired) electrons. The third-order valence-electron chi connectivity index (χ3n) is 2.59. The van der Waals surface area contributed by atoms with E-state index in [1.165, 1.54) is 6.42 Å². The predicted octanol–water partition coefficient (Wildman–Crippen LogP) is 1.30. The maximum atomic E-state index is 8.76. The summed E-state index contributed by atoms with van der Waals surface area (Å²) in [6.45, 7) is 1.98. The Balaban J connectivity index is 1.73. The third-order valence-corrected chi connectivity index (χ3v) is 2.59. The molecule has 1 atom stereocenters. The lowest BCUT2D eigenvalue weighted by molar-refractivity contribution is -0.163. The highest BCUT2D eigenvalue weighted by Crippen LogP contribution is 2.13. The minimum absolute atomic E-state index is 0.0668. The topological polar surface area (TPSA) is 60.1 Å². The molecule has 0 saturated carbocycles. The van der Waals surface area contributed by atoms with Gasteiger partial charge in [-0.25, -0.2) is 4.98 Å². The van der Waals surface area contributed by atoms with Gasteiger partial charge in [-0.15, -0.1) is 0 Å². The van der Waals surface area contributed by atoms with Gasteiger partial charge in [0.2, 0.25) is 5.82 Å². The molecule has 0 N–H and O–H groups in total.